The minimum atomic E-state index is 0.00804. The fraction of sp³-hybridized carbons (Fsp3) is 0.643. The summed E-state index contributed by atoms with van der Waals surface area (Å²) >= 11 is 0. The first-order valence-corrected chi connectivity index (χ1v) is 6.13. The molecule has 2 unspecified atom stereocenters. The maximum atomic E-state index is 9.74. The number of hydrogen-bond acceptors (Lipinski definition) is 1. The van der Waals surface area contributed by atoms with E-state index in [1.165, 1.54) is 0 Å². The van der Waals surface area contributed by atoms with E-state index in [-0.39, 0.29) is 5.41 Å². The Morgan fingerprint density at radius 1 is 1.62 bits per heavy atom. The van der Waals surface area contributed by atoms with Crippen LogP contribution in [0.1, 0.15) is 25.7 Å². The molecule has 1 aliphatic carbocycles. The van der Waals surface area contributed by atoms with E-state index in [0.29, 0.717) is 17.6 Å². The van der Waals surface area contributed by atoms with Crippen LogP contribution in [-0.4, -0.2) is 29.5 Å². The van der Waals surface area contributed by atoms with Crippen molar-refractivity contribution in [2.45, 2.75) is 25.7 Å². The Balaban J connectivity index is 2.13. The van der Waals surface area contributed by atoms with Gasteiger partial charge in [0.15, 0.2) is 0 Å². The second-order valence-electron chi connectivity index (χ2n) is 5.42. The summed E-state index contributed by atoms with van der Waals surface area (Å²) in [5.41, 5.74) is 0.00804. The summed E-state index contributed by atoms with van der Waals surface area (Å²) in [6, 6.07) is 0. The summed E-state index contributed by atoms with van der Waals surface area (Å²) in [5.74, 6) is 1.53. The predicted octanol–water partition coefficient (Wildman–Crippen LogP) is 2.76. The Morgan fingerprint density at radius 2 is 2.31 bits per heavy atom. The van der Waals surface area contributed by atoms with Crippen LogP contribution in [0.15, 0.2) is 25.0 Å². The molecule has 0 bridgehead atoms. The van der Waals surface area contributed by atoms with Gasteiger partial charge in [-0.05, 0) is 25.7 Å². The van der Waals surface area contributed by atoms with Crippen molar-refractivity contribution in [3.8, 4) is 0 Å². The molecule has 16 heavy (non-hydrogen) atoms. The normalized spacial score (nSPS) is 31.7. The third-order valence-electron chi connectivity index (χ3n) is 4.14. The Bertz CT molecular complexity index is 339. The van der Waals surface area contributed by atoms with Crippen molar-refractivity contribution in [3.05, 3.63) is 25.0 Å². The molecule has 0 saturated heterocycles. The molecule has 2 rings (SSSR count). The van der Waals surface area contributed by atoms with Crippen molar-refractivity contribution < 1.29 is 9.68 Å². The van der Waals surface area contributed by atoms with Gasteiger partial charge in [0.25, 0.3) is 0 Å². The maximum absolute atomic E-state index is 9.74. The van der Waals surface area contributed by atoms with Gasteiger partial charge in [-0.2, -0.15) is 0 Å². The third-order valence-corrected chi connectivity index (χ3v) is 4.14. The summed E-state index contributed by atoms with van der Waals surface area (Å²) in [4.78, 5) is 0. The lowest BCUT2D eigenvalue weighted by molar-refractivity contribution is -0.508. The molecule has 0 aromatic heterocycles. The number of rotatable bonds is 4. The number of aliphatic hydroxyl groups excluding tert-OH is 1. The van der Waals surface area contributed by atoms with E-state index in [1.54, 1.807) is 0 Å². The maximum Gasteiger partial charge on any atom is 0.145 e. The smallest absolute Gasteiger partial charge is 0.145 e. The van der Waals surface area contributed by atoms with Crippen LogP contribution >= 0.6 is 0 Å². The Kier molecular flexibility index (Phi) is 2.92. The van der Waals surface area contributed by atoms with E-state index in [2.05, 4.69) is 31.0 Å². The molecule has 0 amide bonds. The highest BCUT2D eigenvalue weighted by Crippen LogP contribution is 2.57. The molecule has 1 N–H and O–H groups in total. The van der Waals surface area contributed by atoms with Crippen LogP contribution in [0.4, 0.5) is 0 Å². The average Bonchev–Trinajstić information content (AvgIpc) is 2.97. The van der Waals surface area contributed by atoms with E-state index in [0.717, 1.165) is 32.2 Å². The van der Waals surface area contributed by atoms with Gasteiger partial charge in [0.2, 0.25) is 0 Å². The minimum Gasteiger partial charge on any atom is -0.512 e. The minimum absolute atomic E-state index is 0.00804. The van der Waals surface area contributed by atoms with E-state index in [9.17, 15) is 5.11 Å². The molecule has 0 aromatic rings. The molecule has 1 saturated carbocycles. The highest BCUT2D eigenvalue weighted by molar-refractivity contribution is 5.59. The summed E-state index contributed by atoms with van der Waals surface area (Å²) < 4.78 is 2.27. The summed E-state index contributed by atoms with van der Waals surface area (Å²) in [7, 11) is 2.12. The van der Waals surface area contributed by atoms with Gasteiger partial charge in [0.05, 0.1) is 5.76 Å². The number of aliphatic hydroxyl groups is 1. The van der Waals surface area contributed by atoms with Crippen molar-refractivity contribution in [1.29, 1.82) is 0 Å². The molecule has 0 spiro atoms. The number of allylic oxidation sites excluding steroid dienone is 2. The fourth-order valence-electron chi connectivity index (χ4n) is 3.05. The quantitative estimate of drug-likeness (QED) is 0.439. The van der Waals surface area contributed by atoms with Crippen molar-refractivity contribution in [2.75, 3.05) is 13.6 Å². The lowest BCUT2D eigenvalue weighted by Crippen LogP contribution is -2.34. The Hall–Kier alpha value is -1.05. The van der Waals surface area contributed by atoms with Crippen LogP contribution in [0, 0.1) is 17.3 Å². The first-order chi connectivity index (χ1) is 7.58. The SMILES string of the molecule is C=CCC1CC(C2(C(=C)O)CC2)C=[N+](C)C1. The lowest BCUT2D eigenvalue weighted by atomic mass is 9.79. The molecule has 2 nitrogen and oxygen atoms in total. The lowest BCUT2D eigenvalue weighted by Gasteiger charge is -2.28. The second-order valence-corrected chi connectivity index (χ2v) is 5.42. The zero-order valence-corrected chi connectivity index (χ0v) is 10.2. The monoisotopic (exact) mass is 220 g/mol. The fourth-order valence-corrected chi connectivity index (χ4v) is 3.05. The van der Waals surface area contributed by atoms with Gasteiger partial charge in [0, 0.05) is 17.3 Å². The van der Waals surface area contributed by atoms with Crippen molar-refractivity contribution in [1.82, 2.24) is 0 Å². The molecule has 1 fully saturated rings. The molecule has 0 aromatic carbocycles. The van der Waals surface area contributed by atoms with Crippen LogP contribution in [-0.2, 0) is 0 Å². The van der Waals surface area contributed by atoms with Gasteiger partial charge >= 0.3 is 0 Å². The van der Waals surface area contributed by atoms with Gasteiger partial charge in [-0.1, -0.05) is 12.7 Å². The summed E-state index contributed by atoms with van der Waals surface area (Å²) in [6.07, 6.45) is 8.72. The summed E-state index contributed by atoms with van der Waals surface area (Å²) in [5, 5.41) is 9.74. The highest BCUT2D eigenvalue weighted by atomic mass is 16.3. The summed E-state index contributed by atoms with van der Waals surface area (Å²) in [6.45, 7) is 8.69. The van der Waals surface area contributed by atoms with E-state index in [1.807, 2.05) is 6.08 Å². The highest BCUT2D eigenvalue weighted by Gasteiger charge is 2.54. The van der Waals surface area contributed by atoms with Crippen molar-refractivity contribution >= 4 is 6.21 Å². The van der Waals surface area contributed by atoms with E-state index < -0.39 is 0 Å². The molecular weight excluding hydrogens is 198 g/mol. The van der Waals surface area contributed by atoms with Gasteiger partial charge in [0.1, 0.15) is 19.8 Å². The van der Waals surface area contributed by atoms with Gasteiger partial charge in [-0.15, -0.1) is 6.58 Å². The zero-order valence-electron chi connectivity index (χ0n) is 10.2. The third kappa shape index (κ3) is 1.93. The molecule has 1 heterocycles. The van der Waals surface area contributed by atoms with Gasteiger partial charge in [-0.25, -0.2) is 4.58 Å². The van der Waals surface area contributed by atoms with Crippen molar-refractivity contribution in [2.24, 2.45) is 17.3 Å². The Labute approximate surface area is 98.0 Å². The largest absolute Gasteiger partial charge is 0.512 e. The van der Waals surface area contributed by atoms with Gasteiger partial charge < -0.3 is 5.11 Å². The second kappa shape index (κ2) is 4.08. The Morgan fingerprint density at radius 3 is 2.81 bits per heavy atom. The van der Waals surface area contributed by atoms with Crippen LogP contribution in [0.2, 0.25) is 0 Å². The standard InChI is InChI=1S/C14H21NO/c1-4-5-12-8-13(10-15(3)9-12)14(6-7-14)11(2)16/h4,10,12-13H,1-2,5-9H2,3H3/p+1. The molecule has 88 valence electrons. The molecular formula is C14H22NO+. The van der Waals surface area contributed by atoms with E-state index >= 15 is 0 Å². The van der Waals surface area contributed by atoms with Crippen LogP contribution < -0.4 is 0 Å². The zero-order chi connectivity index (χ0) is 11.8. The van der Waals surface area contributed by atoms with Crippen LogP contribution in [0.25, 0.3) is 0 Å². The van der Waals surface area contributed by atoms with Crippen molar-refractivity contribution in [3.63, 3.8) is 0 Å². The molecule has 0 radical (unpaired) electrons. The molecule has 2 aliphatic rings. The predicted molar refractivity (Wildman–Crippen MR) is 67.0 cm³/mol. The van der Waals surface area contributed by atoms with Crippen LogP contribution in [0.3, 0.4) is 0 Å². The number of nitrogens with zero attached hydrogens (tertiary/aromatic N) is 1. The van der Waals surface area contributed by atoms with E-state index in [4.69, 9.17) is 0 Å². The van der Waals surface area contributed by atoms with Gasteiger partial charge in [-0.3, -0.25) is 0 Å². The number of hydrogen-bond donors (Lipinski definition) is 1. The topological polar surface area (TPSA) is 23.2 Å². The first kappa shape index (κ1) is 11.4. The first-order valence-electron chi connectivity index (χ1n) is 6.13. The average molecular weight is 220 g/mol. The van der Waals surface area contributed by atoms with Crippen LogP contribution in [0.5, 0.6) is 0 Å². The molecule has 2 heteroatoms. The molecule has 2 atom stereocenters. The molecule has 1 aliphatic heterocycles.